The fourth-order valence-electron chi connectivity index (χ4n) is 4.74. The molecule has 3 unspecified atom stereocenters. The van der Waals surface area contributed by atoms with Gasteiger partial charge in [-0.1, -0.05) is 73.7 Å². The predicted octanol–water partition coefficient (Wildman–Crippen LogP) is 3.87. The van der Waals surface area contributed by atoms with Crippen molar-refractivity contribution < 1.29 is 47.6 Å². The van der Waals surface area contributed by atoms with Crippen LogP contribution < -0.4 is 4.74 Å². The number of ether oxygens (including phenoxy) is 1. The molecule has 3 aromatic carbocycles. The van der Waals surface area contributed by atoms with Gasteiger partial charge >= 0.3 is 15.6 Å². The van der Waals surface area contributed by atoms with Crippen molar-refractivity contribution in [3.63, 3.8) is 0 Å². The number of benzene rings is 3. The van der Waals surface area contributed by atoms with Crippen molar-refractivity contribution in [2.45, 2.75) is 24.9 Å². The van der Waals surface area contributed by atoms with Crippen molar-refractivity contribution >= 4 is 15.6 Å². The first kappa shape index (κ1) is 28.6. The van der Waals surface area contributed by atoms with E-state index in [0.717, 1.165) is 23.1 Å². The van der Waals surface area contributed by atoms with E-state index in [4.69, 9.17) is 19.0 Å². The first-order chi connectivity index (χ1) is 17.9. The molecule has 0 saturated heterocycles. The Labute approximate surface area is 220 Å². The van der Waals surface area contributed by atoms with Gasteiger partial charge < -0.3 is 29.6 Å². The third-order valence-corrected chi connectivity index (χ3v) is 9.04. The number of hydrogen-bond donors (Lipinski definition) is 5. The summed E-state index contributed by atoms with van der Waals surface area (Å²) in [6.07, 6.45) is -0.348. The molecule has 5 N–H and O–H groups in total. The lowest BCUT2D eigenvalue weighted by Gasteiger charge is -2.38. The van der Waals surface area contributed by atoms with Crippen molar-refractivity contribution in [3.05, 3.63) is 101 Å². The largest absolute Gasteiger partial charge is 0.485 e. The molecule has 0 aromatic heterocycles. The lowest BCUT2D eigenvalue weighted by Crippen LogP contribution is -2.43. The van der Waals surface area contributed by atoms with E-state index in [-0.39, 0.29) is 0 Å². The van der Waals surface area contributed by atoms with Crippen LogP contribution in [0.25, 0.3) is 0 Å². The molecule has 0 spiro atoms. The maximum atomic E-state index is 12.1. The van der Waals surface area contributed by atoms with Crippen molar-refractivity contribution in [1.29, 1.82) is 0 Å². The van der Waals surface area contributed by atoms with Gasteiger partial charge in [-0.05, 0) is 40.8 Å². The molecule has 3 aromatic rings. The first-order valence-corrected chi connectivity index (χ1v) is 14.8. The summed E-state index contributed by atoms with van der Waals surface area (Å²) in [6, 6.07) is 25.0. The standard InChI is InChI=1S/C26H30O10P2/c1-25(15-19-5-3-2-4-6-19)21-9-7-20(8-10-21)24(35-23-13-11-22(25)12-14-23)26(16-27,17-28)18-34-38(32,33)36-37(29,30)31/h2-14,24,27-28H,15-18H2,1H3,(H,32,33)(H2,29,30,31). The summed E-state index contributed by atoms with van der Waals surface area (Å²) in [6.45, 7) is -0.172. The van der Waals surface area contributed by atoms with Gasteiger partial charge in [-0.25, -0.2) is 9.13 Å². The molecule has 12 heteroatoms. The highest BCUT2D eigenvalue weighted by Crippen LogP contribution is 2.58. The molecule has 0 saturated carbocycles. The Balaban J connectivity index is 1.74. The second kappa shape index (κ2) is 11.0. The van der Waals surface area contributed by atoms with Crippen molar-refractivity contribution in [3.8, 4) is 5.75 Å². The normalized spacial score (nSPS) is 20.9. The van der Waals surface area contributed by atoms with Gasteiger partial charge in [-0.2, -0.15) is 4.31 Å². The Morgan fingerprint density at radius 3 is 1.95 bits per heavy atom. The number of phosphoric acid groups is 2. The first-order valence-electron chi connectivity index (χ1n) is 11.8. The molecule has 4 aliphatic rings. The van der Waals surface area contributed by atoms with Crippen LogP contribution in [0.4, 0.5) is 0 Å². The summed E-state index contributed by atoms with van der Waals surface area (Å²) in [7, 11) is -10.6. The van der Waals surface area contributed by atoms with E-state index < -0.39 is 52.4 Å². The minimum absolute atomic E-state index is 0.393. The van der Waals surface area contributed by atoms with Gasteiger partial charge in [0.25, 0.3) is 0 Å². The van der Waals surface area contributed by atoms with Gasteiger partial charge in [0.1, 0.15) is 11.9 Å². The molecular formula is C26H30O10P2. The smallest absolute Gasteiger partial charge is 0.481 e. The maximum absolute atomic E-state index is 12.1. The highest BCUT2D eigenvalue weighted by Gasteiger charge is 2.45. The molecule has 0 amide bonds. The van der Waals surface area contributed by atoms with E-state index in [1.54, 1.807) is 24.3 Å². The van der Waals surface area contributed by atoms with Gasteiger partial charge in [0.15, 0.2) is 0 Å². The molecule has 38 heavy (non-hydrogen) atoms. The average molecular weight is 564 g/mol. The number of rotatable bonds is 10. The van der Waals surface area contributed by atoms with Crippen LogP contribution in [0.5, 0.6) is 5.75 Å². The van der Waals surface area contributed by atoms with Crippen LogP contribution >= 0.6 is 15.6 Å². The van der Waals surface area contributed by atoms with Crippen LogP contribution in [0.2, 0.25) is 0 Å². The molecule has 10 nitrogen and oxygen atoms in total. The van der Waals surface area contributed by atoms with Crippen LogP contribution in [-0.4, -0.2) is 44.7 Å². The predicted molar refractivity (Wildman–Crippen MR) is 138 cm³/mol. The minimum atomic E-state index is -5.35. The summed E-state index contributed by atoms with van der Waals surface area (Å²) in [4.78, 5) is 27.6. The molecule has 3 atom stereocenters. The van der Waals surface area contributed by atoms with Gasteiger partial charge in [-0.3, -0.25) is 4.52 Å². The van der Waals surface area contributed by atoms with Crippen LogP contribution in [0, 0.1) is 5.41 Å². The SMILES string of the molecule is CC1(Cc2ccccc2)c2ccc(cc2)OC(C(CO)(CO)COP(=O)(O)OP(=O)(O)O)c2ccc1cc2. The number of hydrogen-bond acceptors (Lipinski definition) is 7. The van der Waals surface area contributed by atoms with E-state index in [1.165, 1.54) is 0 Å². The Hall–Kier alpha value is -2.36. The van der Waals surface area contributed by atoms with Crippen LogP contribution in [0.3, 0.4) is 0 Å². The van der Waals surface area contributed by atoms with Gasteiger partial charge in [0.05, 0.1) is 25.2 Å². The summed E-state index contributed by atoms with van der Waals surface area (Å²) in [5.41, 5.74) is 1.68. The zero-order valence-corrected chi connectivity index (χ0v) is 22.4. The van der Waals surface area contributed by atoms with E-state index in [2.05, 4.69) is 23.4 Å². The quantitative estimate of drug-likeness (QED) is 0.229. The Morgan fingerprint density at radius 2 is 1.42 bits per heavy atom. The molecular weight excluding hydrogens is 534 g/mol. The summed E-state index contributed by atoms with van der Waals surface area (Å²) in [5.74, 6) is 0.412. The Kier molecular flexibility index (Phi) is 8.31. The molecule has 4 heterocycles. The zero-order valence-electron chi connectivity index (χ0n) is 20.6. The topological polar surface area (TPSA) is 163 Å². The van der Waals surface area contributed by atoms with E-state index in [0.29, 0.717) is 11.3 Å². The third kappa shape index (κ3) is 6.26. The van der Waals surface area contributed by atoms with Crippen molar-refractivity contribution in [1.82, 2.24) is 0 Å². The van der Waals surface area contributed by atoms with Gasteiger partial charge in [0, 0.05) is 5.41 Å². The molecule has 0 radical (unpaired) electrons. The fraction of sp³-hybridized carbons (Fsp3) is 0.308. The van der Waals surface area contributed by atoms with Crippen LogP contribution in [-0.2, 0) is 29.8 Å². The number of aliphatic hydroxyl groups excluding tert-OH is 2. The molecule has 0 aliphatic carbocycles. The van der Waals surface area contributed by atoms with Crippen LogP contribution in [0.1, 0.15) is 35.3 Å². The summed E-state index contributed by atoms with van der Waals surface area (Å²) < 4.78 is 38.1. The van der Waals surface area contributed by atoms with E-state index in [1.807, 2.05) is 42.5 Å². The molecule has 204 valence electrons. The van der Waals surface area contributed by atoms with Gasteiger partial charge in [0.2, 0.25) is 0 Å². The number of aliphatic hydroxyl groups is 2. The molecule has 4 aliphatic heterocycles. The molecule has 0 fully saturated rings. The van der Waals surface area contributed by atoms with Crippen molar-refractivity contribution in [2.24, 2.45) is 5.41 Å². The lowest BCUT2D eigenvalue weighted by atomic mass is 9.71. The second-order valence-corrected chi connectivity index (χ2v) is 12.5. The Bertz CT molecular complexity index is 1320. The monoisotopic (exact) mass is 564 g/mol. The second-order valence-electron chi connectivity index (χ2n) is 9.63. The molecule has 7 rings (SSSR count). The highest BCUT2D eigenvalue weighted by atomic mass is 31.3. The summed E-state index contributed by atoms with van der Waals surface area (Å²) >= 11 is 0. The molecule has 4 bridgehead atoms. The van der Waals surface area contributed by atoms with Gasteiger partial charge in [-0.15, -0.1) is 0 Å². The lowest BCUT2D eigenvalue weighted by molar-refractivity contribution is -0.0722. The third-order valence-electron chi connectivity index (χ3n) is 6.91. The van der Waals surface area contributed by atoms with Crippen LogP contribution in [0.15, 0.2) is 78.9 Å². The maximum Gasteiger partial charge on any atom is 0.481 e. The highest BCUT2D eigenvalue weighted by molar-refractivity contribution is 7.60. The average Bonchev–Trinajstić information content (AvgIpc) is 2.93. The van der Waals surface area contributed by atoms with Crippen molar-refractivity contribution in [2.75, 3.05) is 19.8 Å². The number of phosphoric ester groups is 1. The van der Waals surface area contributed by atoms with E-state index >= 15 is 0 Å². The summed E-state index contributed by atoms with van der Waals surface area (Å²) in [5, 5.41) is 20.7. The fourth-order valence-corrected chi connectivity index (χ4v) is 6.42. The Morgan fingerprint density at radius 1 is 0.868 bits per heavy atom. The van der Waals surface area contributed by atoms with E-state index in [9.17, 15) is 24.2 Å². The minimum Gasteiger partial charge on any atom is -0.485 e. The zero-order chi connectivity index (χ0) is 27.6.